The van der Waals surface area contributed by atoms with E-state index in [1.807, 2.05) is 18.2 Å². The number of carbonyl (C=O) groups excluding carboxylic acids is 1. The van der Waals surface area contributed by atoms with Crippen LogP contribution in [0.3, 0.4) is 0 Å². The Morgan fingerprint density at radius 2 is 1.75 bits per heavy atom. The first kappa shape index (κ1) is 22.4. The van der Waals surface area contributed by atoms with Crippen molar-refractivity contribution in [2.24, 2.45) is 11.7 Å². The molecule has 1 atom stereocenters. The second-order valence-electron chi connectivity index (χ2n) is 9.43. The average Bonchev–Trinajstić information content (AvgIpc) is 2.85. The topological polar surface area (TPSA) is 82.1 Å². The van der Waals surface area contributed by atoms with Crippen molar-refractivity contribution in [1.82, 2.24) is 5.32 Å². The number of rotatable bonds is 6. The van der Waals surface area contributed by atoms with E-state index in [-0.39, 0.29) is 5.91 Å². The summed E-state index contributed by atoms with van der Waals surface area (Å²) in [6, 6.07) is 20.7. The summed E-state index contributed by atoms with van der Waals surface area (Å²) in [6.07, 6.45) is 8.03. The van der Waals surface area contributed by atoms with Gasteiger partial charge in [-0.25, -0.2) is 0 Å². The van der Waals surface area contributed by atoms with Crippen LogP contribution < -0.4 is 16.0 Å². The van der Waals surface area contributed by atoms with Crippen LogP contribution in [-0.2, 0) is 4.79 Å². The summed E-state index contributed by atoms with van der Waals surface area (Å²) in [4.78, 5) is 15.1. The third-order valence-corrected chi connectivity index (χ3v) is 7.16. The highest BCUT2D eigenvalue weighted by Gasteiger charge is 2.37. The fraction of sp³-hybridized carbons (Fsp3) is 0.481. The molecular formula is C27H34N4O. The number of nitriles is 1. The molecule has 2 aliphatic rings. The van der Waals surface area contributed by atoms with E-state index in [9.17, 15) is 10.1 Å². The van der Waals surface area contributed by atoms with E-state index in [4.69, 9.17) is 5.73 Å². The van der Waals surface area contributed by atoms with Crippen molar-refractivity contribution >= 4 is 11.6 Å². The minimum Gasteiger partial charge on any atom is -0.371 e. The van der Waals surface area contributed by atoms with E-state index in [1.165, 1.54) is 43.2 Å². The molecule has 32 heavy (non-hydrogen) atoms. The van der Waals surface area contributed by atoms with Gasteiger partial charge in [0.2, 0.25) is 5.91 Å². The maximum Gasteiger partial charge on any atom is 0.238 e. The number of nitrogens with zero attached hydrogens (tertiary/aromatic N) is 2. The first-order chi connectivity index (χ1) is 15.6. The average molecular weight is 431 g/mol. The number of amides is 1. The number of benzene rings is 2. The zero-order valence-electron chi connectivity index (χ0n) is 18.8. The van der Waals surface area contributed by atoms with Crippen LogP contribution in [0.1, 0.15) is 51.4 Å². The molecule has 1 unspecified atom stereocenters. The highest BCUT2D eigenvalue weighted by atomic mass is 16.2. The van der Waals surface area contributed by atoms with Crippen molar-refractivity contribution in [3.8, 4) is 17.2 Å². The molecule has 1 heterocycles. The molecule has 1 amide bonds. The second kappa shape index (κ2) is 10.2. The fourth-order valence-electron chi connectivity index (χ4n) is 5.14. The minimum absolute atomic E-state index is 0.170. The summed E-state index contributed by atoms with van der Waals surface area (Å²) in [7, 11) is 0. The summed E-state index contributed by atoms with van der Waals surface area (Å²) in [5, 5.41) is 12.9. The van der Waals surface area contributed by atoms with Crippen LogP contribution in [0, 0.1) is 17.2 Å². The summed E-state index contributed by atoms with van der Waals surface area (Å²) < 4.78 is 0. The van der Waals surface area contributed by atoms with Gasteiger partial charge in [0, 0.05) is 31.6 Å². The number of nitrogens with one attached hydrogen (secondary N) is 1. The lowest BCUT2D eigenvalue weighted by Crippen LogP contribution is -2.58. The van der Waals surface area contributed by atoms with E-state index < -0.39 is 11.6 Å². The summed E-state index contributed by atoms with van der Waals surface area (Å²) in [6.45, 7) is 1.45. The molecule has 1 aliphatic carbocycles. The molecule has 2 aromatic carbocycles. The summed E-state index contributed by atoms with van der Waals surface area (Å²) in [5.74, 6) is 0.373. The predicted molar refractivity (Wildman–Crippen MR) is 129 cm³/mol. The van der Waals surface area contributed by atoms with Crippen LogP contribution in [0.4, 0.5) is 5.69 Å². The zero-order valence-corrected chi connectivity index (χ0v) is 18.8. The Balaban J connectivity index is 1.36. The Hall–Kier alpha value is -2.84. The first-order valence-electron chi connectivity index (χ1n) is 12.0. The van der Waals surface area contributed by atoms with Gasteiger partial charge < -0.3 is 16.0 Å². The van der Waals surface area contributed by atoms with Gasteiger partial charge in [-0.3, -0.25) is 4.79 Å². The minimum atomic E-state index is -0.825. The molecule has 0 spiro atoms. The molecule has 168 valence electrons. The van der Waals surface area contributed by atoms with Gasteiger partial charge in [-0.2, -0.15) is 5.26 Å². The molecule has 1 saturated heterocycles. The quantitative estimate of drug-likeness (QED) is 0.700. The largest absolute Gasteiger partial charge is 0.371 e. The number of hydrogen-bond donors (Lipinski definition) is 2. The molecule has 5 nitrogen and oxygen atoms in total. The van der Waals surface area contributed by atoms with E-state index >= 15 is 0 Å². The van der Waals surface area contributed by atoms with Gasteiger partial charge in [0.1, 0.15) is 5.54 Å². The standard InChI is InChI=1S/C27H34N4O/c28-20-27(30-26(32)25(29)18-21-8-3-1-4-9-21)14-16-31(17-15-27)24-13-7-12-23(19-24)22-10-5-2-6-11-22/h2,5-7,10-13,19,21,25H,1,3-4,8-9,14-18,29H2,(H,30,32). The molecule has 0 aromatic heterocycles. The number of piperidine rings is 1. The van der Waals surface area contributed by atoms with Crippen LogP contribution in [0.2, 0.25) is 0 Å². The van der Waals surface area contributed by atoms with Gasteiger partial charge in [0.25, 0.3) is 0 Å². The summed E-state index contributed by atoms with van der Waals surface area (Å²) in [5.41, 5.74) is 8.94. The Morgan fingerprint density at radius 3 is 2.44 bits per heavy atom. The molecular weight excluding hydrogens is 396 g/mol. The molecule has 1 aliphatic heterocycles. The predicted octanol–water partition coefficient (Wildman–Crippen LogP) is 4.63. The maximum absolute atomic E-state index is 12.8. The number of carbonyl (C=O) groups is 1. The third-order valence-electron chi connectivity index (χ3n) is 7.16. The van der Waals surface area contributed by atoms with Crippen LogP contribution in [0.5, 0.6) is 0 Å². The highest BCUT2D eigenvalue weighted by Crippen LogP contribution is 2.30. The smallest absolute Gasteiger partial charge is 0.238 e. The van der Waals surface area contributed by atoms with Gasteiger partial charge in [-0.1, -0.05) is 74.6 Å². The van der Waals surface area contributed by atoms with Crippen LogP contribution in [-0.4, -0.2) is 30.6 Å². The van der Waals surface area contributed by atoms with Gasteiger partial charge in [-0.05, 0) is 35.6 Å². The van der Waals surface area contributed by atoms with Crippen molar-refractivity contribution in [2.45, 2.75) is 62.9 Å². The first-order valence-corrected chi connectivity index (χ1v) is 12.0. The highest BCUT2D eigenvalue weighted by molar-refractivity contribution is 5.82. The van der Waals surface area contributed by atoms with Crippen molar-refractivity contribution < 1.29 is 4.79 Å². The normalized spacial score (nSPS) is 19.7. The maximum atomic E-state index is 12.8. The zero-order chi connectivity index (χ0) is 22.4. The van der Waals surface area contributed by atoms with E-state index in [0.29, 0.717) is 18.8 Å². The van der Waals surface area contributed by atoms with Crippen molar-refractivity contribution in [3.63, 3.8) is 0 Å². The molecule has 3 N–H and O–H groups in total. The molecule has 2 aromatic rings. The lowest BCUT2D eigenvalue weighted by atomic mass is 9.84. The van der Waals surface area contributed by atoms with Gasteiger partial charge in [0.05, 0.1) is 12.1 Å². The SMILES string of the molecule is N#CC1(NC(=O)C(N)CC2CCCCC2)CCN(c2cccc(-c3ccccc3)c2)CC1. The Labute approximate surface area is 191 Å². The van der Waals surface area contributed by atoms with E-state index in [0.717, 1.165) is 25.2 Å². The lowest BCUT2D eigenvalue weighted by molar-refractivity contribution is -0.124. The van der Waals surface area contributed by atoms with Gasteiger partial charge in [-0.15, -0.1) is 0 Å². The molecule has 0 bridgehead atoms. The third kappa shape index (κ3) is 5.31. The molecule has 2 fully saturated rings. The monoisotopic (exact) mass is 430 g/mol. The molecule has 5 heteroatoms. The lowest BCUT2D eigenvalue weighted by Gasteiger charge is -2.39. The van der Waals surface area contributed by atoms with Crippen molar-refractivity contribution in [2.75, 3.05) is 18.0 Å². The molecule has 1 saturated carbocycles. The number of nitrogens with two attached hydrogens (primary N) is 1. The Morgan fingerprint density at radius 1 is 1.06 bits per heavy atom. The fourth-order valence-corrected chi connectivity index (χ4v) is 5.14. The molecule has 0 radical (unpaired) electrons. The molecule has 4 rings (SSSR count). The Bertz CT molecular complexity index is 938. The van der Waals surface area contributed by atoms with Gasteiger partial charge in [0.15, 0.2) is 0 Å². The van der Waals surface area contributed by atoms with Crippen molar-refractivity contribution in [3.05, 3.63) is 54.6 Å². The number of anilines is 1. The summed E-state index contributed by atoms with van der Waals surface area (Å²) >= 11 is 0. The van der Waals surface area contributed by atoms with Crippen molar-refractivity contribution in [1.29, 1.82) is 5.26 Å². The number of hydrogen-bond acceptors (Lipinski definition) is 4. The Kier molecular flexibility index (Phi) is 7.12. The van der Waals surface area contributed by atoms with E-state index in [1.54, 1.807) is 0 Å². The second-order valence-corrected chi connectivity index (χ2v) is 9.43. The van der Waals surface area contributed by atoms with Gasteiger partial charge >= 0.3 is 0 Å². The van der Waals surface area contributed by atoms with E-state index in [2.05, 4.69) is 52.7 Å². The van der Waals surface area contributed by atoms with Crippen LogP contribution >= 0.6 is 0 Å². The van der Waals surface area contributed by atoms with Crippen LogP contribution in [0.15, 0.2) is 54.6 Å². The van der Waals surface area contributed by atoms with Crippen LogP contribution in [0.25, 0.3) is 11.1 Å².